The average molecular weight is 1010 g/mol. The number of rotatable bonds is 0. The molecule has 2 aromatic heterocycles. The molecule has 15 aromatic carbocycles. The molecule has 6 nitrogen and oxygen atoms in total. The summed E-state index contributed by atoms with van der Waals surface area (Å²) in [6, 6.07) is 81.4. The van der Waals surface area contributed by atoms with E-state index < -0.39 is 5.79 Å². The van der Waals surface area contributed by atoms with Crippen LogP contribution in [0.5, 0.6) is 0 Å². The first-order chi connectivity index (χ1) is 39.6. The van der Waals surface area contributed by atoms with Gasteiger partial charge in [-0.25, -0.2) is 14.1 Å². The Morgan fingerprint density at radius 1 is 0.275 bits per heavy atom. The number of hydrogen-bond acceptors (Lipinski definition) is 3. The van der Waals surface area contributed by atoms with E-state index in [9.17, 15) is 0 Å². The van der Waals surface area contributed by atoms with Crippen LogP contribution in [0.2, 0.25) is 0 Å². The van der Waals surface area contributed by atoms with E-state index in [2.05, 4.69) is 239 Å². The zero-order valence-electron chi connectivity index (χ0n) is 43.0. The molecular formula is C74H39N6+. The molecule has 6 heterocycles. The maximum absolute atomic E-state index is 6.20. The van der Waals surface area contributed by atoms with Crippen molar-refractivity contribution in [1.29, 1.82) is 0 Å². The molecule has 0 N–H and O–H groups in total. The predicted octanol–water partition coefficient (Wildman–Crippen LogP) is 17.4. The van der Waals surface area contributed by atoms with Crippen LogP contribution in [0.25, 0.3) is 151 Å². The Balaban J connectivity index is 1.07. The molecule has 0 spiro atoms. The fraction of sp³-hybridized carbons (Fsp3) is 0.0270. The van der Waals surface area contributed by atoms with Crippen molar-refractivity contribution >= 4 is 174 Å². The van der Waals surface area contributed by atoms with Crippen molar-refractivity contribution in [2.75, 3.05) is 0 Å². The van der Waals surface area contributed by atoms with Crippen molar-refractivity contribution in [1.82, 2.24) is 9.13 Å². The number of amidine groups is 2. The van der Waals surface area contributed by atoms with Crippen molar-refractivity contribution in [2.45, 2.75) is 12.7 Å². The van der Waals surface area contributed by atoms with Crippen LogP contribution in [-0.2, 0) is 5.79 Å². The van der Waals surface area contributed by atoms with Gasteiger partial charge in [0.15, 0.2) is 11.3 Å². The second kappa shape index (κ2) is 13.6. The second-order valence-corrected chi connectivity index (χ2v) is 22.8. The van der Waals surface area contributed by atoms with Crippen LogP contribution in [0.1, 0.15) is 18.1 Å². The summed E-state index contributed by atoms with van der Waals surface area (Å²) >= 11 is 0. The number of aliphatic imine (C=N–C) groups is 1. The highest BCUT2D eigenvalue weighted by Gasteiger charge is 2.58. The third-order valence-electron chi connectivity index (χ3n) is 19.2. The minimum absolute atomic E-state index is 0.908. The molecule has 0 aliphatic carbocycles. The van der Waals surface area contributed by atoms with Crippen molar-refractivity contribution in [3.63, 3.8) is 0 Å². The van der Waals surface area contributed by atoms with Crippen LogP contribution in [0, 0.1) is 0 Å². The van der Waals surface area contributed by atoms with Gasteiger partial charge in [-0.1, -0.05) is 228 Å². The third-order valence-corrected chi connectivity index (χ3v) is 19.2. The van der Waals surface area contributed by atoms with Gasteiger partial charge in [-0.2, -0.15) is 4.58 Å². The lowest BCUT2D eigenvalue weighted by molar-refractivity contribution is -0.550. The number of fused-ring (bicyclic) bond motifs is 36. The van der Waals surface area contributed by atoms with E-state index in [0.29, 0.717) is 0 Å². The molecule has 4 aliphatic rings. The van der Waals surface area contributed by atoms with Gasteiger partial charge in [0.05, 0.1) is 21.9 Å². The lowest BCUT2D eigenvalue weighted by atomic mass is 9.87. The fourth-order valence-corrected chi connectivity index (χ4v) is 16.1. The van der Waals surface area contributed by atoms with Gasteiger partial charge >= 0.3 is 0 Å². The summed E-state index contributed by atoms with van der Waals surface area (Å²) in [6.45, 7) is 2.42. The Hall–Kier alpha value is -10.6. The Morgan fingerprint density at radius 2 is 0.588 bits per heavy atom. The van der Waals surface area contributed by atoms with E-state index in [1.54, 1.807) is 0 Å². The summed E-state index contributed by atoms with van der Waals surface area (Å²) in [5, 5.41) is 33.6. The summed E-state index contributed by atoms with van der Waals surface area (Å²) in [6.07, 6.45) is 0. The molecule has 1 unspecified atom stereocenters. The number of nitrogens with zero attached hydrogens (tertiary/aromatic N) is 6. The van der Waals surface area contributed by atoms with Gasteiger partial charge in [-0.3, -0.25) is 0 Å². The zero-order chi connectivity index (χ0) is 51.6. The fourth-order valence-electron chi connectivity index (χ4n) is 16.1. The van der Waals surface area contributed by atoms with Crippen LogP contribution in [-0.4, -0.2) is 25.4 Å². The smallest absolute Gasteiger partial charge is 0.240 e. The Labute approximate surface area is 453 Å². The minimum Gasteiger partial charge on any atom is -0.240 e. The molecule has 0 fully saturated rings. The Bertz CT molecular complexity index is 6230. The summed E-state index contributed by atoms with van der Waals surface area (Å²) in [5.41, 5.74) is 4.05. The quantitative estimate of drug-likeness (QED) is 0.107. The van der Waals surface area contributed by atoms with Crippen LogP contribution >= 0.6 is 0 Å². The van der Waals surface area contributed by atoms with Gasteiger partial charge in [-0.15, -0.1) is 0 Å². The topological polar surface area (TPSA) is 49.9 Å². The molecule has 0 saturated heterocycles. The first-order valence-electron chi connectivity index (χ1n) is 27.8. The van der Waals surface area contributed by atoms with Crippen molar-refractivity contribution in [2.24, 2.45) is 15.0 Å². The average Bonchev–Trinajstić information content (AvgIpc) is 2.05. The molecule has 4 aliphatic heterocycles. The molecule has 364 valence electrons. The number of aromatic nitrogens is 2. The first-order valence-corrected chi connectivity index (χ1v) is 27.8. The maximum atomic E-state index is 6.20. The van der Waals surface area contributed by atoms with Crippen LogP contribution < -0.4 is 11.0 Å². The lowest BCUT2D eigenvalue weighted by Gasteiger charge is -2.39. The predicted molar refractivity (Wildman–Crippen MR) is 332 cm³/mol. The molecule has 0 saturated carbocycles. The maximum Gasteiger partial charge on any atom is 0.277 e. The molecular weight excluding hydrogens is 973 g/mol. The molecule has 17 aromatic rings. The highest BCUT2D eigenvalue weighted by Crippen LogP contribution is 2.57. The van der Waals surface area contributed by atoms with E-state index in [4.69, 9.17) is 15.0 Å². The summed E-state index contributed by atoms with van der Waals surface area (Å²) in [7, 11) is 0. The third kappa shape index (κ3) is 4.42. The second-order valence-electron chi connectivity index (χ2n) is 22.8. The highest BCUT2D eigenvalue weighted by atomic mass is 15.6. The summed E-state index contributed by atoms with van der Waals surface area (Å²) in [4.78, 5) is 18.6. The highest BCUT2D eigenvalue weighted by molar-refractivity contribution is 6.42. The molecule has 0 amide bonds. The Morgan fingerprint density at radius 3 is 0.988 bits per heavy atom. The first kappa shape index (κ1) is 40.7. The van der Waals surface area contributed by atoms with Gasteiger partial charge in [0, 0.05) is 17.7 Å². The summed E-state index contributed by atoms with van der Waals surface area (Å²) in [5.74, 6) is 2.67. The largest absolute Gasteiger partial charge is 0.277 e. The van der Waals surface area contributed by atoms with Gasteiger partial charge in [0.2, 0.25) is 11.3 Å². The molecule has 1 atom stereocenters. The Kier molecular flexibility index (Phi) is 6.90. The number of benzene rings is 15. The van der Waals surface area contributed by atoms with Crippen molar-refractivity contribution < 1.29 is 4.58 Å². The van der Waals surface area contributed by atoms with E-state index in [-0.39, 0.29) is 0 Å². The van der Waals surface area contributed by atoms with Gasteiger partial charge in [0.1, 0.15) is 0 Å². The molecule has 0 bridgehead atoms. The molecule has 21 rings (SSSR count). The van der Waals surface area contributed by atoms with Gasteiger partial charge in [-0.05, 0) is 129 Å². The van der Waals surface area contributed by atoms with Crippen molar-refractivity contribution in [3.8, 4) is 0 Å². The minimum atomic E-state index is -0.965. The number of hydrogen-bond donors (Lipinski definition) is 0. The zero-order valence-corrected chi connectivity index (χ0v) is 43.0. The monoisotopic (exact) mass is 1010 g/mol. The van der Waals surface area contributed by atoms with Crippen LogP contribution in [0.3, 0.4) is 0 Å². The standard InChI is InChI=1S/C74H39N6/c1-74-78-68-62-50-32-26-38-14-2-8-20-44(38)56(50)57-45-21-9-3-15-39(45)27-33-51(57)63(62)69(78)76-71-66-54-36-30-42-18-6-12-24-48(42)60(54)61-49-25-13-7-19-43(49)31-37-55(61)67(66)73(80(71)74)77-72-65-53-35-29-41-17-5-11-23-47(41)59(53)58-46-22-10-4-16-40(46)28-34-52(58)64(65)70(75-68)79(72)74/h2-37H,1H3/q+1. The molecule has 80 heavy (non-hydrogen) atoms. The lowest BCUT2D eigenvalue weighted by Crippen LogP contribution is -2.62. The van der Waals surface area contributed by atoms with E-state index in [0.717, 1.165) is 67.0 Å². The van der Waals surface area contributed by atoms with E-state index >= 15 is 0 Å². The normalized spacial score (nSPS) is 16.1. The van der Waals surface area contributed by atoms with Crippen LogP contribution in [0.4, 0.5) is 11.6 Å². The summed E-state index contributed by atoms with van der Waals surface area (Å²) < 4.78 is 7.51. The van der Waals surface area contributed by atoms with Gasteiger partial charge in [0.25, 0.3) is 17.5 Å². The SMILES string of the molecule is CC12n3c4c5c6ccc7ccccc7c6c6c7ccccc7ccc6c5c3N=c3c5c6ccc7ccccc7c6c6c7ccccc7ccc6c5c(n31)=NC1=[N+]2C(=N4)c2c1c1ccc3ccccc3c1c1c2ccc2ccccc21. The molecule has 6 heteroatoms. The van der Waals surface area contributed by atoms with Crippen LogP contribution in [0.15, 0.2) is 233 Å². The van der Waals surface area contributed by atoms with Gasteiger partial charge < -0.3 is 0 Å². The molecule has 0 radical (unpaired) electrons. The van der Waals surface area contributed by atoms with Crippen molar-refractivity contribution in [3.05, 3.63) is 240 Å². The van der Waals surface area contributed by atoms with E-state index in [1.165, 1.54) is 129 Å². The van der Waals surface area contributed by atoms with E-state index in [1.807, 2.05) is 0 Å².